The van der Waals surface area contributed by atoms with Crippen LogP contribution >= 0.6 is 0 Å². The monoisotopic (exact) mass is 234 g/mol. The van der Waals surface area contributed by atoms with Gasteiger partial charge in [0.2, 0.25) is 0 Å². The molecule has 2 aromatic rings. The second-order valence-corrected chi connectivity index (χ2v) is 3.73. The first-order chi connectivity index (χ1) is 8.08. The number of carboxylic acid groups (broad SMARTS) is 1. The molecule has 0 bridgehead atoms. The molecule has 0 spiro atoms. The highest BCUT2D eigenvalue weighted by Crippen LogP contribution is 2.20. The molecule has 0 fully saturated rings. The lowest BCUT2D eigenvalue weighted by molar-refractivity contribution is -0.140. The van der Waals surface area contributed by atoms with Crippen LogP contribution in [0.3, 0.4) is 0 Å². The van der Waals surface area contributed by atoms with Gasteiger partial charge >= 0.3 is 5.97 Å². The van der Waals surface area contributed by atoms with Crippen LogP contribution in [0.25, 0.3) is 11.1 Å². The van der Waals surface area contributed by atoms with E-state index in [1.54, 1.807) is 18.3 Å². The molecule has 1 N–H and O–H groups in total. The second-order valence-electron chi connectivity index (χ2n) is 3.73. The molecular formula is C12H11FN2O2. The maximum absolute atomic E-state index is 13.0. The van der Waals surface area contributed by atoms with Gasteiger partial charge in [-0.1, -0.05) is 12.1 Å². The van der Waals surface area contributed by atoms with E-state index in [-0.39, 0.29) is 5.82 Å². The van der Waals surface area contributed by atoms with Crippen molar-refractivity contribution in [2.24, 2.45) is 0 Å². The van der Waals surface area contributed by atoms with Crippen molar-refractivity contribution in [3.05, 3.63) is 42.5 Å². The van der Waals surface area contributed by atoms with Gasteiger partial charge in [0.25, 0.3) is 0 Å². The molecule has 17 heavy (non-hydrogen) atoms. The summed E-state index contributed by atoms with van der Waals surface area (Å²) >= 11 is 0. The summed E-state index contributed by atoms with van der Waals surface area (Å²) in [7, 11) is 0. The van der Waals surface area contributed by atoms with Gasteiger partial charge in [0.05, 0.1) is 6.20 Å². The minimum Gasteiger partial charge on any atom is -0.480 e. The summed E-state index contributed by atoms with van der Waals surface area (Å²) in [4.78, 5) is 10.8. The van der Waals surface area contributed by atoms with Crippen molar-refractivity contribution in [3.8, 4) is 11.1 Å². The number of hydrogen-bond acceptors (Lipinski definition) is 2. The molecule has 0 saturated carbocycles. The summed E-state index contributed by atoms with van der Waals surface area (Å²) in [5, 5.41) is 12.8. The molecule has 5 heteroatoms. The zero-order valence-electron chi connectivity index (χ0n) is 9.17. The van der Waals surface area contributed by atoms with Crippen LogP contribution in [0.1, 0.15) is 13.0 Å². The number of nitrogens with zero attached hydrogens (tertiary/aromatic N) is 2. The van der Waals surface area contributed by atoms with E-state index in [4.69, 9.17) is 5.11 Å². The molecule has 1 atom stereocenters. The molecule has 0 aliphatic carbocycles. The summed E-state index contributed by atoms with van der Waals surface area (Å²) < 4.78 is 14.4. The van der Waals surface area contributed by atoms with E-state index in [1.165, 1.54) is 29.9 Å². The Morgan fingerprint density at radius 2 is 2.24 bits per heavy atom. The highest BCUT2D eigenvalue weighted by molar-refractivity contribution is 5.71. The number of aliphatic carboxylic acids is 1. The van der Waals surface area contributed by atoms with Crippen LogP contribution in [0.4, 0.5) is 4.39 Å². The van der Waals surface area contributed by atoms with Crippen molar-refractivity contribution in [1.82, 2.24) is 9.78 Å². The summed E-state index contributed by atoms with van der Waals surface area (Å²) in [5.41, 5.74) is 1.37. The molecule has 0 radical (unpaired) electrons. The van der Waals surface area contributed by atoms with Crippen LogP contribution in [0, 0.1) is 5.82 Å². The van der Waals surface area contributed by atoms with Gasteiger partial charge in [-0.25, -0.2) is 9.18 Å². The average molecular weight is 234 g/mol. The highest BCUT2D eigenvalue weighted by Gasteiger charge is 2.14. The predicted octanol–water partition coefficient (Wildman–Crippen LogP) is 2.33. The van der Waals surface area contributed by atoms with Crippen molar-refractivity contribution < 1.29 is 14.3 Å². The number of carboxylic acids is 1. The summed E-state index contributed by atoms with van der Waals surface area (Å²) in [6.45, 7) is 1.53. The van der Waals surface area contributed by atoms with Gasteiger partial charge in [-0.15, -0.1) is 0 Å². The second kappa shape index (κ2) is 4.37. The SMILES string of the molecule is C[C@@H](C(=O)O)n1cc(-c2cccc(F)c2)cn1. The number of rotatable bonds is 3. The van der Waals surface area contributed by atoms with Gasteiger partial charge in [0, 0.05) is 11.8 Å². The Kier molecular flexibility index (Phi) is 2.91. The zero-order valence-corrected chi connectivity index (χ0v) is 9.17. The number of halogens is 1. The van der Waals surface area contributed by atoms with Gasteiger partial charge in [-0.05, 0) is 24.6 Å². The van der Waals surface area contributed by atoms with Crippen LogP contribution < -0.4 is 0 Å². The standard InChI is InChI=1S/C12H11FN2O2/c1-8(12(16)17)15-7-10(6-14-15)9-3-2-4-11(13)5-9/h2-8H,1H3,(H,16,17)/t8-/m0/s1. The van der Waals surface area contributed by atoms with Crippen LogP contribution in [-0.4, -0.2) is 20.9 Å². The molecule has 1 heterocycles. The molecule has 1 aromatic carbocycles. The minimum atomic E-state index is -0.959. The van der Waals surface area contributed by atoms with E-state index in [9.17, 15) is 9.18 Å². The van der Waals surface area contributed by atoms with Gasteiger partial charge in [-0.2, -0.15) is 5.10 Å². The van der Waals surface area contributed by atoms with E-state index < -0.39 is 12.0 Å². The first-order valence-electron chi connectivity index (χ1n) is 5.11. The smallest absolute Gasteiger partial charge is 0.328 e. The van der Waals surface area contributed by atoms with E-state index in [2.05, 4.69) is 5.10 Å². The molecule has 0 unspecified atom stereocenters. The number of carbonyl (C=O) groups is 1. The van der Waals surface area contributed by atoms with Crippen molar-refractivity contribution in [3.63, 3.8) is 0 Å². The lowest BCUT2D eigenvalue weighted by Crippen LogP contribution is -2.15. The molecule has 0 saturated heterocycles. The number of aromatic nitrogens is 2. The largest absolute Gasteiger partial charge is 0.480 e. The van der Waals surface area contributed by atoms with Gasteiger partial charge < -0.3 is 5.11 Å². The first kappa shape index (κ1) is 11.3. The lowest BCUT2D eigenvalue weighted by Gasteiger charge is -2.05. The van der Waals surface area contributed by atoms with E-state index in [0.29, 0.717) is 11.1 Å². The Morgan fingerprint density at radius 3 is 2.88 bits per heavy atom. The zero-order chi connectivity index (χ0) is 12.4. The van der Waals surface area contributed by atoms with Gasteiger partial charge in [0.15, 0.2) is 0 Å². The fraction of sp³-hybridized carbons (Fsp3) is 0.167. The van der Waals surface area contributed by atoms with Gasteiger partial charge in [-0.3, -0.25) is 4.68 Å². The third-order valence-corrected chi connectivity index (χ3v) is 2.51. The van der Waals surface area contributed by atoms with E-state index in [0.717, 1.165) is 0 Å². The molecule has 0 amide bonds. The topological polar surface area (TPSA) is 55.1 Å². The Labute approximate surface area is 97.3 Å². The summed E-state index contributed by atoms with van der Waals surface area (Å²) in [6, 6.07) is 5.34. The molecule has 4 nitrogen and oxygen atoms in total. The number of hydrogen-bond donors (Lipinski definition) is 1. The summed E-state index contributed by atoms with van der Waals surface area (Å²) in [5.74, 6) is -1.29. The van der Waals surface area contributed by atoms with Crippen molar-refractivity contribution in [2.75, 3.05) is 0 Å². The molecule has 88 valence electrons. The van der Waals surface area contributed by atoms with Crippen molar-refractivity contribution in [2.45, 2.75) is 13.0 Å². The van der Waals surface area contributed by atoms with Crippen LogP contribution in [0.2, 0.25) is 0 Å². The highest BCUT2D eigenvalue weighted by atomic mass is 19.1. The van der Waals surface area contributed by atoms with Gasteiger partial charge in [0.1, 0.15) is 11.9 Å². The molecule has 1 aromatic heterocycles. The van der Waals surface area contributed by atoms with E-state index >= 15 is 0 Å². The molecule has 0 aliphatic rings. The maximum atomic E-state index is 13.0. The molecule has 2 rings (SSSR count). The van der Waals surface area contributed by atoms with Crippen LogP contribution in [0.5, 0.6) is 0 Å². The lowest BCUT2D eigenvalue weighted by atomic mass is 10.1. The molecule has 0 aliphatic heterocycles. The average Bonchev–Trinajstić information content (AvgIpc) is 2.77. The third kappa shape index (κ3) is 2.33. The summed E-state index contributed by atoms with van der Waals surface area (Å²) in [6.07, 6.45) is 3.11. The molecular weight excluding hydrogens is 223 g/mol. The fourth-order valence-corrected chi connectivity index (χ4v) is 1.48. The first-order valence-corrected chi connectivity index (χ1v) is 5.11. The van der Waals surface area contributed by atoms with Crippen molar-refractivity contribution >= 4 is 5.97 Å². The Hall–Kier alpha value is -2.17. The Bertz CT molecular complexity index is 551. The van der Waals surface area contributed by atoms with Crippen molar-refractivity contribution in [1.29, 1.82) is 0 Å². The van der Waals surface area contributed by atoms with E-state index in [1.807, 2.05) is 0 Å². The Balaban J connectivity index is 2.33. The minimum absolute atomic E-state index is 0.332. The normalized spacial score (nSPS) is 12.4. The number of benzene rings is 1. The maximum Gasteiger partial charge on any atom is 0.328 e. The predicted molar refractivity (Wildman–Crippen MR) is 60.0 cm³/mol. The fourth-order valence-electron chi connectivity index (χ4n) is 1.48. The quantitative estimate of drug-likeness (QED) is 0.886. The van der Waals surface area contributed by atoms with Crippen LogP contribution in [-0.2, 0) is 4.79 Å². The third-order valence-electron chi connectivity index (χ3n) is 2.51. The van der Waals surface area contributed by atoms with Crippen LogP contribution in [0.15, 0.2) is 36.7 Å². The Morgan fingerprint density at radius 1 is 1.47 bits per heavy atom.